The van der Waals surface area contributed by atoms with Gasteiger partial charge in [0, 0.05) is 39.3 Å². The number of carboxylic acid groups (broad SMARTS) is 1. The molecule has 0 spiro atoms. The smallest absolute Gasteiger partial charge is 0.317 e. The molecule has 0 unspecified atom stereocenters. The molecule has 0 saturated carbocycles. The molecule has 6 heteroatoms. The van der Waals surface area contributed by atoms with Crippen molar-refractivity contribution in [3.63, 3.8) is 0 Å². The molecule has 1 aromatic rings. The summed E-state index contributed by atoms with van der Waals surface area (Å²) in [6.45, 7) is 8.46. The molecule has 0 radical (unpaired) electrons. The van der Waals surface area contributed by atoms with Crippen molar-refractivity contribution >= 4 is 12.0 Å². The van der Waals surface area contributed by atoms with E-state index in [2.05, 4.69) is 48.3 Å². The van der Waals surface area contributed by atoms with Gasteiger partial charge in [-0.25, -0.2) is 4.79 Å². The fourth-order valence-corrected chi connectivity index (χ4v) is 2.76. The number of rotatable bonds is 6. The van der Waals surface area contributed by atoms with Crippen LogP contribution in [-0.4, -0.2) is 59.6 Å². The average molecular weight is 333 g/mol. The molecule has 132 valence electrons. The van der Waals surface area contributed by atoms with E-state index in [0.29, 0.717) is 19.0 Å². The van der Waals surface area contributed by atoms with E-state index < -0.39 is 5.97 Å². The number of hydrogen-bond acceptors (Lipinski definition) is 3. The summed E-state index contributed by atoms with van der Waals surface area (Å²) >= 11 is 0. The van der Waals surface area contributed by atoms with Crippen LogP contribution in [0.15, 0.2) is 24.3 Å². The summed E-state index contributed by atoms with van der Waals surface area (Å²) in [7, 11) is 0. The number of piperazine rings is 1. The minimum absolute atomic E-state index is 0.0436. The van der Waals surface area contributed by atoms with E-state index in [9.17, 15) is 9.59 Å². The molecule has 0 bridgehead atoms. The third kappa shape index (κ3) is 5.53. The Kier molecular flexibility index (Phi) is 6.61. The number of carboxylic acids is 1. The van der Waals surface area contributed by atoms with Gasteiger partial charge < -0.3 is 15.3 Å². The van der Waals surface area contributed by atoms with Crippen molar-refractivity contribution in [3.05, 3.63) is 35.4 Å². The van der Waals surface area contributed by atoms with Gasteiger partial charge in [-0.15, -0.1) is 0 Å². The van der Waals surface area contributed by atoms with Crippen LogP contribution >= 0.6 is 0 Å². The second kappa shape index (κ2) is 8.68. The average Bonchev–Trinajstić information content (AvgIpc) is 2.55. The lowest BCUT2D eigenvalue weighted by atomic mass is 10.0. The Labute approximate surface area is 143 Å². The third-order valence-corrected chi connectivity index (χ3v) is 4.33. The molecule has 1 heterocycles. The number of carbonyl (C=O) groups excluding carboxylic acids is 1. The van der Waals surface area contributed by atoms with Crippen molar-refractivity contribution in [1.29, 1.82) is 0 Å². The molecule has 2 rings (SSSR count). The van der Waals surface area contributed by atoms with Crippen molar-refractivity contribution in [3.8, 4) is 0 Å². The van der Waals surface area contributed by atoms with E-state index in [0.717, 1.165) is 19.6 Å². The lowest BCUT2D eigenvalue weighted by Gasteiger charge is -2.34. The number of carbonyl (C=O) groups is 2. The van der Waals surface area contributed by atoms with Gasteiger partial charge in [0.2, 0.25) is 0 Å². The standard InChI is InChI=1S/C18H27N3O3/c1-14(2)16-5-3-15(4-6-16)13-20-9-11-21(12-10-20)18(24)19-8-7-17(22)23/h3-6,14H,7-13H2,1-2H3,(H,19,24)(H,22,23). The van der Waals surface area contributed by atoms with E-state index in [1.807, 2.05) is 0 Å². The molecule has 2 amide bonds. The zero-order valence-electron chi connectivity index (χ0n) is 14.5. The van der Waals surface area contributed by atoms with Crippen molar-refractivity contribution in [2.45, 2.75) is 32.7 Å². The first-order chi connectivity index (χ1) is 11.5. The van der Waals surface area contributed by atoms with Crippen molar-refractivity contribution in [1.82, 2.24) is 15.1 Å². The van der Waals surface area contributed by atoms with Crippen LogP contribution in [0.3, 0.4) is 0 Å². The van der Waals surface area contributed by atoms with Crippen LogP contribution in [0.25, 0.3) is 0 Å². The lowest BCUT2D eigenvalue weighted by molar-refractivity contribution is -0.136. The van der Waals surface area contributed by atoms with Gasteiger partial charge in [0.1, 0.15) is 0 Å². The molecular weight excluding hydrogens is 306 g/mol. The van der Waals surface area contributed by atoms with Gasteiger partial charge >= 0.3 is 12.0 Å². The summed E-state index contributed by atoms with van der Waals surface area (Å²) in [5.41, 5.74) is 2.64. The maximum absolute atomic E-state index is 11.9. The number of urea groups is 1. The highest BCUT2D eigenvalue weighted by atomic mass is 16.4. The maximum atomic E-state index is 11.9. The fourth-order valence-electron chi connectivity index (χ4n) is 2.76. The minimum atomic E-state index is -0.899. The molecule has 6 nitrogen and oxygen atoms in total. The second-order valence-electron chi connectivity index (χ2n) is 6.54. The van der Waals surface area contributed by atoms with Gasteiger partial charge in [-0.2, -0.15) is 0 Å². The Morgan fingerprint density at radius 3 is 2.29 bits per heavy atom. The van der Waals surface area contributed by atoms with E-state index in [1.54, 1.807) is 4.90 Å². The Hall–Kier alpha value is -2.08. The van der Waals surface area contributed by atoms with Gasteiger partial charge in [-0.3, -0.25) is 9.69 Å². The van der Waals surface area contributed by atoms with Crippen LogP contribution < -0.4 is 5.32 Å². The molecule has 1 aromatic carbocycles. The van der Waals surface area contributed by atoms with Crippen LogP contribution in [-0.2, 0) is 11.3 Å². The number of benzene rings is 1. The number of nitrogens with zero attached hydrogens (tertiary/aromatic N) is 2. The molecule has 1 aliphatic rings. The highest BCUT2D eigenvalue weighted by Gasteiger charge is 2.20. The van der Waals surface area contributed by atoms with Crippen LogP contribution in [0.5, 0.6) is 0 Å². The molecule has 0 atom stereocenters. The van der Waals surface area contributed by atoms with Gasteiger partial charge in [0.15, 0.2) is 0 Å². The second-order valence-corrected chi connectivity index (χ2v) is 6.54. The lowest BCUT2D eigenvalue weighted by Crippen LogP contribution is -2.51. The van der Waals surface area contributed by atoms with Gasteiger partial charge in [0.25, 0.3) is 0 Å². The molecule has 0 aliphatic carbocycles. The summed E-state index contributed by atoms with van der Waals surface area (Å²) in [6, 6.07) is 8.57. The summed E-state index contributed by atoms with van der Waals surface area (Å²) < 4.78 is 0. The number of amides is 2. The molecule has 24 heavy (non-hydrogen) atoms. The quantitative estimate of drug-likeness (QED) is 0.836. The first-order valence-electron chi connectivity index (χ1n) is 8.51. The first kappa shape index (κ1) is 18.3. The minimum Gasteiger partial charge on any atom is -0.481 e. The van der Waals surface area contributed by atoms with Gasteiger partial charge in [-0.1, -0.05) is 38.1 Å². The molecule has 1 saturated heterocycles. The number of nitrogens with one attached hydrogen (secondary N) is 1. The highest BCUT2D eigenvalue weighted by molar-refractivity contribution is 5.75. The SMILES string of the molecule is CC(C)c1ccc(CN2CCN(C(=O)NCCC(=O)O)CC2)cc1. The predicted molar refractivity (Wildman–Crippen MR) is 93.0 cm³/mol. The van der Waals surface area contributed by atoms with Gasteiger partial charge in [-0.05, 0) is 17.0 Å². The zero-order valence-corrected chi connectivity index (χ0v) is 14.5. The van der Waals surface area contributed by atoms with Crippen molar-refractivity contribution < 1.29 is 14.7 Å². The Morgan fingerprint density at radius 2 is 1.75 bits per heavy atom. The van der Waals surface area contributed by atoms with E-state index in [1.165, 1.54) is 11.1 Å². The van der Waals surface area contributed by atoms with E-state index >= 15 is 0 Å². The molecule has 0 aromatic heterocycles. The fraction of sp³-hybridized carbons (Fsp3) is 0.556. The number of hydrogen-bond donors (Lipinski definition) is 2. The normalized spacial score (nSPS) is 15.5. The molecule has 1 aliphatic heterocycles. The molecule has 2 N–H and O–H groups in total. The third-order valence-electron chi connectivity index (χ3n) is 4.33. The Morgan fingerprint density at radius 1 is 1.12 bits per heavy atom. The van der Waals surface area contributed by atoms with E-state index in [-0.39, 0.29) is 19.0 Å². The summed E-state index contributed by atoms with van der Waals surface area (Å²) in [6.07, 6.45) is -0.0436. The number of aliphatic carboxylic acids is 1. The largest absolute Gasteiger partial charge is 0.481 e. The van der Waals surface area contributed by atoms with E-state index in [4.69, 9.17) is 5.11 Å². The van der Waals surface area contributed by atoms with Crippen molar-refractivity contribution in [2.75, 3.05) is 32.7 Å². The van der Waals surface area contributed by atoms with Crippen LogP contribution in [0.1, 0.15) is 37.3 Å². The first-order valence-corrected chi connectivity index (χ1v) is 8.51. The van der Waals surface area contributed by atoms with Crippen LogP contribution in [0.2, 0.25) is 0 Å². The van der Waals surface area contributed by atoms with Crippen molar-refractivity contribution in [2.24, 2.45) is 0 Å². The van der Waals surface area contributed by atoms with Crippen LogP contribution in [0, 0.1) is 0 Å². The highest BCUT2D eigenvalue weighted by Crippen LogP contribution is 2.16. The summed E-state index contributed by atoms with van der Waals surface area (Å²) in [5, 5.41) is 11.2. The Balaban J connectivity index is 1.74. The summed E-state index contributed by atoms with van der Waals surface area (Å²) in [4.78, 5) is 26.5. The Bertz CT molecular complexity index is 549. The topological polar surface area (TPSA) is 72.9 Å². The molecular formula is C18H27N3O3. The maximum Gasteiger partial charge on any atom is 0.317 e. The predicted octanol–water partition coefficient (Wildman–Crippen LogP) is 2.11. The monoisotopic (exact) mass is 333 g/mol. The molecule has 1 fully saturated rings. The van der Waals surface area contributed by atoms with Crippen LogP contribution in [0.4, 0.5) is 4.79 Å². The van der Waals surface area contributed by atoms with Gasteiger partial charge in [0.05, 0.1) is 6.42 Å². The summed E-state index contributed by atoms with van der Waals surface area (Å²) in [5.74, 6) is -0.356. The zero-order chi connectivity index (χ0) is 17.5.